The standard InChI is InChI=1S/C16H16FNO3S2/c1-3-9(2)13(15(20)21)18-14(19)12(23-16(18)22)8-10-6-4-5-7-11(10)17/h4-9,13H,3H2,1-2H3,(H,20,21)/p-1/b12-8-/t9-,13+/m0/s1. The number of carbonyl (C=O) groups is 2. The van der Waals surface area contributed by atoms with Crippen LogP contribution in [0.1, 0.15) is 25.8 Å². The van der Waals surface area contributed by atoms with Crippen LogP contribution in [0.2, 0.25) is 0 Å². The molecule has 1 fully saturated rings. The second-order valence-electron chi connectivity index (χ2n) is 5.22. The second kappa shape index (κ2) is 7.23. The molecule has 0 radical (unpaired) electrons. The molecule has 7 heteroatoms. The van der Waals surface area contributed by atoms with E-state index >= 15 is 0 Å². The molecule has 0 saturated carbocycles. The third-order valence-corrected chi connectivity index (χ3v) is 5.05. The van der Waals surface area contributed by atoms with Crippen LogP contribution in [0, 0.1) is 11.7 Å². The highest BCUT2D eigenvalue weighted by Crippen LogP contribution is 2.36. The summed E-state index contributed by atoms with van der Waals surface area (Å²) in [6.45, 7) is 3.55. The molecule has 0 spiro atoms. The molecule has 1 aromatic carbocycles. The molecule has 1 aliphatic rings. The summed E-state index contributed by atoms with van der Waals surface area (Å²) in [5.41, 5.74) is 0.251. The second-order valence-corrected chi connectivity index (χ2v) is 6.90. The van der Waals surface area contributed by atoms with E-state index < -0.39 is 23.7 Å². The van der Waals surface area contributed by atoms with E-state index in [9.17, 15) is 19.1 Å². The van der Waals surface area contributed by atoms with Crippen molar-refractivity contribution in [2.75, 3.05) is 0 Å². The van der Waals surface area contributed by atoms with E-state index in [0.29, 0.717) is 6.42 Å². The van der Waals surface area contributed by atoms with Gasteiger partial charge in [0.05, 0.1) is 16.9 Å². The summed E-state index contributed by atoms with van der Waals surface area (Å²) in [7, 11) is 0. The van der Waals surface area contributed by atoms with E-state index in [1.54, 1.807) is 19.1 Å². The number of thiocarbonyl (C=S) groups is 1. The lowest BCUT2D eigenvalue weighted by molar-refractivity contribution is -0.311. The lowest BCUT2D eigenvalue weighted by Gasteiger charge is -2.32. The Bertz CT molecular complexity index is 690. The van der Waals surface area contributed by atoms with E-state index in [-0.39, 0.29) is 20.7 Å². The topological polar surface area (TPSA) is 60.4 Å². The lowest BCUT2D eigenvalue weighted by atomic mass is 9.98. The molecule has 1 aromatic rings. The van der Waals surface area contributed by atoms with Gasteiger partial charge in [0.2, 0.25) is 0 Å². The van der Waals surface area contributed by atoms with Crippen LogP contribution in [0.5, 0.6) is 0 Å². The number of nitrogens with zero attached hydrogens (tertiary/aromatic N) is 1. The number of rotatable bonds is 5. The van der Waals surface area contributed by atoms with Crippen LogP contribution in [0.15, 0.2) is 29.2 Å². The molecular weight excluding hydrogens is 337 g/mol. The van der Waals surface area contributed by atoms with Crippen LogP contribution in [-0.2, 0) is 9.59 Å². The van der Waals surface area contributed by atoms with Crippen LogP contribution in [0.4, 0.5) is 4.39 Å². The van der Waals surface area contributed by atoms with Gasteiger partial charge in [-0.15, -0.1) is 0 Å². The zero-order chi connectivity index (χ0) is 17.1. The van der Waals surface area contributed by atoms with E-state index in [2.05, 4.69) is 0 Å². The van der Waals surface area contributed by atoms with Crippen LogP contribution in [0.3, 0.4) is 0 Å². The predicted molar refractivity (Wildman–Crippen MR) is 89.7 cm³/mol. The molecule has 0 bridgehead atoms. The van der Waals surface area contributed by atoms with Gasteiger partial charge in [-0.2, -0.15) is 0 Å². The first-order chi connectivity index (χ1) is 10.9. The number of benzene rings is 1. The van der Waals surface area contributed by atoms with Gasteiger partial charge in [0.25, 0.3) is 5.91 Å². The Balaban J connectivity index is 2.36. The van der Waals surface area contributed by atoms with Crippen molar-refractivity contribution in [1.82, 2.24) is 4.90 Å². The quantitative estimate of drug-likeness (QED) is 0.600. The third-order valence-electron chi connectivity index (χ3n) is 3.72. The third kappa shape index (κ3) is 3.61. The average molecular weight is 352 g/mol. The summed E-state index contributed by atoms with van der Waals surface area (Å²) in [5, 5.41) is 11.4. The van der Waals surface area contributed by atoms with Gasteiger partial charge in [-0.3, -0.25) is 9.69 Å². The fourth-order valence-electron chi connectivity index (χ4n) is 2.27. The summed E-state index contributed by atoms with van der Waals surface area (Å²) >= 11 is 6.12. The number of hydrogen-bond acceptors (Lipinski definition) is 5. The number of aliphatic carboxylic acids is 1. The maximum Gasteiger partial charge on any atom is 0.266 e. The summed E-state index contributed by atoms with van der Waals surface area (Å²) in [6, 6.07) is 4.90. The Labute approximate surface area is 143 Å². The van der Waals surface area contributed by atoms with Crippen LogP contribution in [0.25, 0.3) is 6.08 Å². The Morgan fingerprint density at radius 2 is 2.13 bits per heavy atom. The van der Waals surface area contributed by atoms with Gasteiger partial charge < -0.3 is 9.90 Å². The monoisotopic (exact) mass is 352 g/mol. The first kappa shape index (κ1) is 17.6. The number of carboxylic acids is 1. The molecule has 1 heterocycles. The van der Waals surface area contributed by atoms with Crippen molar-refractivity contribution in [3.8, 4) is 0 Å². The summed E-state index contributed by atoms with van der Waals surface area (Å²) in [6.07, 6.45) is 1.94. The zero-order valence-electron chi connectivity index (χ0n) is 12.6. The summed E-state index contributed by atoms with van der Waals surface area (Å²) < 4.78 is 13.9. The van der Waals surface area contributed by atoms with Gasteiger partial charge in [0.15, 0.2) is 0 Å². The molecule has 1 amide bonds. The summed E-state index contributed by atoms with van der Waals surface area (Å²) in [4.78, 5) is 25.2. The van der Waals surface area contributed by atoms with Crippen LogP contribution in [-0.4, -0.2) is 27.1 Å². The number of halogens is 1. The van der Waals surface area contributed by atoms with Crippen molar-refractivity contribution in [3.05, 3.63) is 40.6 Å². The summed E-state index contributed by atoms with van der Waals surface area (Å²) in [5.74, 6) is -2.65. The fraction of sp³-hybridized carbons (Fsp3) is 0.312. The molecule has 1 saturated heterocycles. The molecule has 0 aliphatic carbocycles. The molecule has 122 valence electrons. The van der Waals surface area contributed by atoms with E-state index in [0.717, 1.165) is 16.7 Å². The molecule has 0 unspecified atom stereocenters. The minimum absolute atomic E-state index is 0.145. The largest absolute Gasteiger partial charge is 0.548 e. The average Bonchev–Trinajstić information content (AvgIpc) is 2.77. The van der Waals surface area contributed by atoms with Crippen molar-refractivity contribution >= 4 is 46.3 Å². The highest BCUT2D eigenvalue weighted by atomic mass is 32.2. The predicted octanol–water partition coefficient (Wildman–Crippen LogP) is 2.19. The SMILES string of the molecule is CC[C@H](C)[C@H](C(=O)[O-])N1C(=O)/C(=C/c2ccccc2F)SC1=S. The molecule has 2 rings (SSSR count). The maximum absolute atomic E-state index is 13.7. The fourth-order valence-corrected chi connectivity index (χ4v) is 3.59. The van der Waals surface area contributed by atoms with Crippen molar-refractivity contribution < 1.29 is 19.1 Å². The highest BCUT2D eigenvalue weighted by Gasteiger charge is 2.39. The van der Waals surface area contributed by atoms with Crippen molar-refractivity contribution in [2.45, 2.75) is 26.3 Å². The van der Waals surface area contributed by atoms with Gasteiger partial charge in [0, 0.05) is 5.56 Å². The zero-order valence-corrected chi connectivity index (χ0v) is 14.2. The van der Waals surface area contributed by atoms with Crippen LogP contribution < -0.4 is 5.11 Å². The smallest absolute Gasteiger partial charge is 0.266 e. The number of amides is 1. The number of thioether (sulfide) groups is 1. The molecule has 4 nitrogen and oxygen atoms in total. The molecular formula is C16H15FNO3S2-. The van der Waals surface area contributed by atoms with Gasteiger partial charge in [-0.05, 0) is 18.1 Å². The normalized spacial score (nSPS) is 19.3. The maximum atomic E-state index is 13.7. The number of carboxylic acid groups (broad SMARTS) is 1. The molecule has 2 atom stereocenters. The van der Waals surface area contributed by atoms with Gasteiger partial charge in [0.1, 0.15) is 10.1 Å². The van der Waals surface area contributed by atoms with Crippen molar-refractivity contribution in [1.29, 1.82) is 0 Å². The Morgan fingerprint density at radius 3 is 2.70 bits per heavy atom. The minimum atomic E-state index is -1.34. The van der Waals surface area contributed by atoms with Crippen molar-refractivity contribution in [3.63, 3.8) is 0 Å². The Hall–Kier alpha value is -1.73. The van der Waals surface area contributed by atoms with E-state index in [4.69, 9.17) is 12.2 Å². The van der Waals surface area contributed by atoms with E-state index in [1.165, 1.54) is 18.2 Å². The Morgan fingerprint density at radius 1 is 1.48 bits per heavy atom. The lowest BCUT2D eigenvalue weighted by Crippen LogP contribution is -2.53. The first-order valence-corrected chi connectivity index (χ1v) is 8.31. The molecule has 0 N–H and O–H groups in total. The van der Waals surface area contributed by atoms with Gasteiger partial charge >= 0.3 is 0 Å². The van der Waals surface area contributed by atoms with Gasteiger partial charge in [-0.25, -0.2) is 4.39 Å². The molecule has 1 aliphatic heterocycles. The minimum Gasteiger partial charge on any atom is -0.548 e. The first-order valence-electron chi connectivity index (χ1n) is 7.09. The highest BCUT2D eigenvalue weighted by molar-refractivity contribution is 8.26. The molecule has 23 heavy (non-hydrogen) atoms. The molecule has 0 aromatic heterocycles. The van der Waals surface area contributed by atoms with Crippen LogP contribution >= 0.6 is 24.0 Å². The van der Waals surface area contributed by atoms with Crippen molar-refractivity contribution in [2.24, 2.45) is 5.92 Å². The number of carbonyl (C=O) groups excluding carboxylic acids is 2. The van der Waals surface area contributed by atoms with Gasteiger partial charge in [-0.1, -0.05) is 62.4 Å². The Kier molecular flexibility index (Phi) is 5.54. The van der Waals surface area contributed by atoms with E-state index in [1.807, 2.05) is 6.92 Å². The number of hydrogen-bond donors (Lipinski definition) is 0.